The number of ether oxygens (including phenoxy) is 1. The highest BCUT2D eigenvalue weighted by Gasteiger charge is 2.39. The monoisotopic (exact) mass is 423 g/mol. The number of carbonyl (C=O) groups is 2. The number of amides is 1. The average molecular weight is 424 g/mol. The molecule has 0 aromatic heterocycles. The third kappa shape index (κ3) is 6.90. The van der Waals surface area contributed by atoms with Crippen LogP contribution in [0.1, 0.15) is 57.4 Å². The molecule has 1 aromatic rings. The minimum atomic E-state index is -3.40. The number of nitrogens with zero attached hydrogens (tertiary/aromatic N) is 1. The molecule has 2 atom stereocenters. The molecule has 7 heteroatoms. The Hall–Kier alpha value is -2.28. The fraction of sp³-hybridized carbons (Fsp3) is 0.565. The van der Waals surface area contributed by atoms with Crippen molar-refractivity contribution in [3.05, 3.63) is 48.0 Å². The number of halogens is 2. The first-order valence-electron chi connectivity index (χ1n) is 10.6. The number of aliphatic hydroxyl groups is 1. The molecule has 1 aliphatic rings. The summed E-state index contributed by atoms with van der Waals surface area (Å²) in [6.45, 7) is 2.70. The van der Waals surface area contributed by atoms with E-state index in [9.17, 15) is 23.5 Å². The average Bonchev–Trinajstić information content (AvgIpc) is 3.09. The SMILES string of the molecule is CCOC(=O)CCCCCCN1C(=O)CC[C@@H]1/C=C/C(O)C(F)(F)c1ccccc1. The molecular weight excluding hydrogens is 392 g/mol. The number of carbonyl (C=O) groups excluding carboxylic acids is 2. The van der Waals surface area contributed by atoms with Crippen molar-refractivity contribution in [2.45, 2.75) is 69.9 Å². The van der Waals surface area contributed by atoms with E-state index in [4.69, 9.17) is 4.74 Å². The van der Waals surface area contributed by atoms with Crippen LogP contribution in [0.3, 0.4) is 0 Å². The first-order valence-corrected chi connectivity index (χ1v) is 10.6. The summed E-state index contributed by atoms with van der Waals surface area (Å²) in [5, 5.41) is 10.0. The molecule has 2 rings (SSSR count). The van der Waals surface area contributed by atoms with Gasteiger partial charge in [0, 0.05) is 24.9 Å². The van der Waals surface area contributed by atoms with Crippen molar-refractivity contribution in [1.29, 1.82) is 0 Å². The van der Waals surface area contributed by atoms with Gasteiger partial charge in [-0.15, -0.1) is 0 Å². The maximum atomic E-state index is 14.4. The van der Waals surface area contributed by atoms with Crippen LogP contribution in [0, 0.1) is 0 Å². The molecule has 1 N–H and O–H groups in total. The normalized spacial score (nSPS) is 18.2. The molecule has 1 saturated heterocycles. The smallest absolute Gasteiger partial charge is 0.305 e. The zero-order chi connectivity index (χ0) is 22.0. The largest absolute Gasteiger partial charge is 0.466 e. The van der Waals surface area contributed by atoms with Gasteiger partial charge in [-0.1, -0.05) is 55.3 Å². The topological polar surface area (TPSA) is 66.8 Å². The molecule has 1 unspecified atom stereocenters. The third-order valence-electron chi connectivity index (χ3n) is 5.26. The molecule has 1 aromatic carbocycles. The van der Waals surface area contributed by atoms with Gasteiger partial charge in [-0.05, 0) is 26.2 Å². The summed E-state index contributed by atoms with van der Waals surface area (Å²) in [4.78, 5) is 25.1. The molecule has 1 fully saturated rings. The molecule has 1 heterocycles. The number of hydrogen-bond donors (Lipinski definition) is 1. The van der Waals surface area contributed by atoms with Crippen LogP contribution in [0.2, 0.25) is 0 Å². The molecule has 1 aliphatic heterocycles. The first kappa shape index (κ1) is 24.0. The van der Waals surface area contributed by atoms with E-state index >= 15 is 0 Å². The fourth-order valence-electron chi connectivity index (χ4n) is 3.57. The Morgan fingerprint density at radius 1 is 1.27 bits per heavy atom. The lowest BCUT2D eigenvalue weighted by molar-refractivity contribution is -0.143. The Labute approximate surface area is 176 Å². The van der Waals surface area contributed by atoms with E-state index in [0.717, 1.165) is 31.8 Å². The number of unbranched alkanes of at least 4 members (excludes halogenated alkanes) is 3. The van der Waals surface area contributed by atoms with Gasteiger partial charge in [-0.2, -0.15) is 8.78 Å². The molecule has 0 saturated carbocycles. The number of likely N-dealkylation sites (tertiary alicyclic amines) is 1. The molecule has 0 spiro atoms. The van der Waals surface area contributed by atoms with E-state index < -0.39 is 12.0 Å². The number of rotatable bonds is 12. The highest BCUT2D eigenvalue weighted by Crippen LogP contribution is 2.32. The van der Waals surface area contributed by atoms with Crippen LogP contribution in [-0.2, 0) is 20.2 Å². The highest BCUT2D eigenvalue weighted by atomic mass is 19.3. The summed E-state index contributed by atoms with van der Waals surface area (Å²) in [5.74, 6) is -3.59. The second-order valence-electron chi connectivity index (χ2n) is 7.48. The first-order chi connectivity index (χ1) is 14.4. The second kappa shape index (κ2) is 11.8. The Morgan fingerprint density at radius 3 is 2.67 bits per heavy atom. The lowest BCUT2D eigenvalue weighted by atomic mass is 10.0. The van der Waals surface area contributed by atoms with E-state index in [2.05, 4.69) is 0 Å². The van der Waals surface area contributed by atoms with Gasteiger partial charge in [0.15, 0.2) is 0 Å². The molecule has 166 valence electrons. The van der Waals surface area contributed by atoms with Crippen molar-refractivity contribution >= 4 is 11.9 Å². The molecule has 30 heavy (non-hydrogen) atoms. The Kier molecular flexibility index (Phi) is 9.43. The van der Waals surface area contributed by atoms with Gasteiger partial charge >= 0.3 is 11.9 Å². The predicted octanol–water partition coefficient (Wildman–Crippen LogP) is 4.20. The number of hydrogen-bond acceptors (Lipinski definition) is 4. The highest BCUT2D eigenvalue weighted by molar-refractivity contribution is 5.79. The summed E-state index contributed by atoms with van der Waals surface area (Å²) >= 11 is 0. The van der Waals surface area contributed by atoms with E-state index in [0.29, 0.717) is 32.4 Å². The minimum Gasteiger partial charge on any atom is -0.466 e. The minimum absolute atomic E-state index is 0.000447. The molecule has 0 radical (unpaired) electrons. The fourth-order valence-corrected chi connectivity index (χ4v) is 3.57. The van der Waals surface area contributed by atoms with Crippen LogP contribution in [0.25, 0.3) is 0 Å². The van der Waals surface area contributed by atoms with Gasteiger partial charge in [0.1, 0.15) is 6.10 Å². The van der Waals surface area contributed by atoms with Gasteiger partial charge in [0.2, 0.25) is 5.91 Å². The van der Waals surface area contributed by atoms with E-state index in [1.54, 1.807) is 17.9 Å². The van der Waals surface area contributed by atoms with Gasteiger partial charge < -0.3 is 14.7 Å². The molecule has 1 amide bonds. The van der Waals surface area contributed by atoms with Crippen molar-refractivity contribution < 1.29 is 28.2 Å². The molecule has 5 nitrogen and oxygen atoms in total. The maximum absolute atomic E-state index is 14.4. The standard InChI is InChI=1S/C23H31F2NO4/c1-2-30-22(29)12-8-3-4-9-17-26-19(14-16-21(26)28)13-15-20(27)23(24,25)18-10-6-5-7-11-18/h5-7,10-11,13,15,19-20,27H,2-4,8-9,12,14,16-17H2,1H3/b15-13+/t19-,20?/m0/s1. The zero-order valence-corrected chi connectivity index (χ0v) is 17.4. The quantitative estimate of drug-likeness (QED) is 0.311. The third-order valence-corrected chi connectivity index (χ3v) is 5.26. The van der Waals surface area contributed by atoms with Gasteiger partial charge in [0.25, 0.3) is 0 Å². The van der Waals surface area contributed by atoms with Crippen LogP contribution < -0.4 is 0 Å². The molecule has 0 aliphatic carbocycles. The van der Waals surface area contributed by atoms with Crippen LogP contribution in [0.5, 0.6) is 0 Å². The predicted molar refractivity (Wildman–Crippen MR) is 110 cm³/mol. The summed E-state index contributed by atoms with van der Waals surface area (Å²) in [6.07, 6.45) is 5.26. The van der Waals surface area contributed by atoms with Crippen LogP contribution in [-0.4, -0.2) is 47.2 Å². The number of benzene rings is 1. The van der Waals surface area contributed by atoms with Gasteiger partial charge in [-0.3, -0.25) is 9.59 Å². The van der Waals surface area contributed by atoms with E-state index in [-0.39, 0.29) is 23.5 Å². The van der Waals surface area contributed by atoms with Crippen molar-refractivity contribution in [1.82, 2.24) is 4.90 Å². The lowest BCUT2D eigenvalue weighted by Gasteiger charge is -2.24. The summed E-state index contributed by atoms with van der Waals surface area (Å²) < 4.78 is 33.7. The van der Waals surface area contributed by atoms with Crippen LogP contribution in [0.15, 0.2) is 42.5 Å². The summed E-state index contributed by atoms with van der Waals surface area (Å²) in [7, 11) is 0. The zero-order valence-electron chi connectivity index (χ0n) is 17.4. The van der Waals surface area contributed by atoms with Crippen LogP contribution in [0.4, 0.5) is 8.78 Å². The molecule has 0 bridgehead atoms. The second-order valence-corrected chi connectivity index (χ2v) is 7.48. The van der Waals surface area contributed by atoms with E-state index in [1.165, 1.54) is 30.3 Å². The number of alkyl halides is 2. The summed E-state index contributed by atoms with van der Waals surface area (Å²) in [6, 6.07) is 6.93. The Morgan fingerprint density at radius 2 is 1.97 bits per heavy atom. The number of aliphatic hydroxyl groups excluding tert-OH is 1. The van der Waals surface area contributed by atoms with Crippen molar-refractivity contribution in [2.75, 3.05) is 13.2 Å². The number of esters is 1. The summed E-state index contributed by atoms with van der Waals surface area (Å²) in [5.41, 5.74) is -0.246. The van der Waals surface area contributed by atoms with E-state index in [1.807, 2.05) is 0 Å². The van der Waals surface area contributed by atoms with Gasteiger partial charge in [0.05, 0.1) is 12.6 Å². The van der Waals surface area contributed by atoms with Crippen molar-refractivity contribution in [3.8, 4) is 0 Å². The van der Waals surface area contributed by atoms with Crippen molar-refractivity contribution in [3.63, 3.8) is 0 Å². The lowest BCUT2D eigenvalue weighted by Crippen LogP contribution is -2.34. The van der Waals surface area contributed by atoms with Crippen molar-refractivity contribution in [2.24, 2.45) is 0 Å². The Balaban J connectivity index is 1.80. The van der Waals surface area contributed by atoms with Gasteiger partial charge in [-0.25, -0.2) is 0 Å². The van der Waals surface area contributed by atoms with Crippen LogP contribution >= 0.6 is 0 Å². The maximum Gasteiger partial charge on any atom is 0.305 e. The molecular formula is C23H31F2NO4. The Bertz CT molecular complexity index is 708.